The number of methoxy groups -OCH3 is 6. The van der Waals surface area contributed by atoms with Gasteiger partial charge in [0, 0.05) is 17.8 Å². The fraction of sp³-hybridized carbons (Fsp3) is 0.207. The highest BCUT2D eigenvalue weighted by molar-refractivity contribution is 6.04. The molecule has 0 aromatic heterocycles. The zero-order chi connectivity index (χ0) is 27.7. The number of hydrogen-bond acceptors (Lipinski definition) is 8. The zero-order valence-electron chi connectivity index (χ0n) is 22.1. The zero-order valence-corrected chi connectivity index (χ0v) is 22.1. The second-order valence-corrected chi connectivity index (χ2v) is 7.79. The Balaban J connectivity index is 1.88. The largest absolute Gasteiger partial charge is 0.494 e. The third-order valence-electron chi connectivity index (χ3n) is 5.57. The highest BCUT2D eigenvalue weighted by Gasteiger charge is 2.14. The molecule has 38 heavy (non-hydrogen) atoms. The van der Waals surface area contributed by atoms with E-state index in [0.29, 0.717) is 34.4 Å². The second-order valence-electron chi connectivity index (χ2n) is 7.79. The molecular weight excluding hydrogens is 493 g/mol. The Kier molecular flexibility index (Phi) is 9.59. The maximum atomic E-state index is 14.0. The lowest BCUT2D eigenvalue weighted by molar-refractivity contribution is 0.104. The molecule has 0 aliphatic heterocycles. The van der Waals surface area contributed by atoms with Crippen molar-refractivity contribution in [2.45, 2.75) is 0 Å². The molecule has 3 rings (SSSR count). The normalized spacial score (nSPS) is 10.9. The first-order valence-corrected chi connectivity index (χ1v) is 11.4. The van der Waals surface area contributed by atoms with Gasteiger partial charge in [0.15, 0.2) is 40.3 Å². The first kappa shape index (κ1) is 27.9. The van der Waals surface area contributed by atoms with E-state index in [1.165, 1.54) is 45.7 Å². The van der Waals surface area contributed by atoms with E-state index >= 15 is 0 Å². The van der Waals surface area contributed by atoms with Crippen molar-refractivity contribution < 1.29 is 37.6 Å². The molecule has 0 saturated carbocycles. The topological polar surface area (TPSA) is 84.5 Å². The van der Waals surface area contributed by atoms with Gasteiger partial charge >= 0.3 is 0 Å². The van der Waals surface area contributed by atoms with E-state index in [9.17, 15) is 9.18 Å². The van der Waals surface area contributed by atoms with Gasteiger partial charge in [-0.05, 0) is 53.6 Å². The lowest BCUT2D eigenvalue weighted by Crippen LogP contribution is -2.00. The summed E-state index contributed by atoms with van der Waals surface area (Å²) in [6.07, 6.45) is 6.51. The van der Waals surface area contributed by atoms with Gasteiger partial charge in [-0.3, -0.25) is 4.79 Å². The molecule has 0 spiro atoms. The number of carbonyl (C=O) groups excluding carboxylic acids is 1. The summed E-state index contributed by atoms with van der Waals surface area (Å²) in [4.78, 5) is 12.5. The predicted molar refractivity (Wildman–Crippen MR) is 145 cm³/mol. The average molecular weight is 524 g/mol. The standard InChI is InChI=1S/C29H30FNO7/c1-33-24-10-9-20(17-21(24)30)23(32)11-12-31-22-13-18(14-25(34-2)28(22)37-5)7-8-19-15-26(35-3)29(38-6)27(16-19)36-4/h7-17,31H,1-6H3. The van der Waals surface area contributed by atoms with Gasteiger partial charge in [-0.15, -0.1) is 0 Å². The quantitative estimate of drug-likeness (QED) is 0.180. The SMILES string of the molecule is COc1ccc(C(=O)C=CNc2cc(C=Cc3cc(OC)c(OC)c(OC)c3)cc(OC)c2OC)cc1F. The molecule has 0 amide bonds. The Labute approximate surface area is 221 Å². The smallest absolute Gasteiger partial charge is 0.203 e. The predicted octanol–water partition coefficient (Wildman–Crippen LogP) is 5.86. The van der Waals surface area contributed by atoms with Crippen LogP contribution in [0.15, 0.2) is 54.7 Å². The van der Waals surface area contributed by atoms with Crippen molar-refractivity contribution >= 4 is 23.6 Å². The molecule has 1 N–H and O–H groups in total. The van der Waals surface area contributed by atoms with Gasteiger partial charge in [0.1, 0.15) is 0 Å². The Bertz CT molecular complexity index is 1330. The molecular formula is C29H30FNO7. The number of nitrogens with one attached hydrogen (secondary N) is 1. The number of ether oxygens (including phenoxy) is 6. The fourth-order valence-electron chi connectivity index (χ4n) is 3.70. The molecule has 3 aromatic rings. The van der Waals surface area contributed by atoms with Crippen molar-refractivity contribution in [1.82, 2.24) is 0 Å². The van der Waals surface area contributed by atoms with E-state index in [1.54, 1.807) is 21.3 Å². The number of rotatable bonds is 12. The molecule has 3 aromatic carbocycles. The lowest BCUT2D eigenvalue weighted by Gasteiger charge is -2.14. The Morgan fingerprint density at radius 3 is 1.71 bits per heavy atom. The molecule has 0 saturated heterocycles. The number of halogens is 1. The van der Waals surface area contributed by atoms with Crippen molar-refractivity contribution in [1.29, 1.82) is 0 Å². The van der Waals surface area contributed by atoms with E-state index in [-0.39, 0.29) is 17.1 Å². The minimum absolute atomic E-state index is 0.0666. The molecule has 0 bridgehead atoms. The maximum Gasteiger partial charge on any atom is 0.203 e. The minimum Gasteiger partial charge on any atom is -0.494 e. The highest BCUT2D eigenvalue weighted by atomic mass is 19.1. The van der Waals surface area contributed by atoms with Gasteiger partial charge in [0.2, 0.25) is 5.75 Å². The molecule has 8 nitrogen and oxygen atoms in total. The summed E-state index contributed by atoms with van der Waals surface area (Å²) in [5, 5.41) is 3.05. The van der Waals surface area contributed by atoms with Crippen LogP contribution in [0.2, 0.25) is 0 Å². The number of allylic oxidation sites excluding steroid dienone is 1. The van der Waals surface area contributed by atoms with Crippen LogP contribution in [0.4, 0.5) is 10.1 Å². The lowest BCUT2D eigenvalue weighted by atomic mass is 10.1. The third-order valence-corrected chi connectivity index (χ3v) is 5.57. The van der Waals surface area contributed by atoms with E-state index < -0.39 is 5.82 Å². The molecule has 9 heteroatoms. The molecule has 200 valence electrons. The summed E-state index contributed by atoms with van der Waals surface area (Å²) >= 11 is 0. The van der Waals surface area contributed by atoms with Gasteiger partial charge in [-0.25, -0.2) is 4.39 Å². The van der Waals surface area contributed by atoms with Crippen LogP contribution >= 0.6 is 0 Å². The van der Waals surface area contributed by atoms with Crippen LogP contribution in [-0.2, 0) is 0 Å². The summed E-state index contributed by atoms with van der Waals surface area (Å²) in [6, 6.07) is 11.3. The second kappa shape index (κ2) is 13.0. The Morgan fingerprint density at radius 2 is 1.21 bits per heavy atom. The van der Waals surface area contributed by atoms with Crippen LogP contribution in [0.3, 0.4) is 0 Å². The molecule has 0 aliphatic rings. The number of carbonyl (C=O) groups is 1. The minimum atomic E-state index is -0.613. The van der Waals surface area contributed by atoms with Crippen molar-refractivity contribution in [2.75, 3.05) is 48.0 Å². The molecule has 0 atom stereocenters. The van der Waals surface area contributed by atoms with Crippen LogP contribution in [-0.4, -0.2) is 48.4 Å². The average Bonchev–Trinajstić information content (AvgIpc) is 2.94. The maximum absolute atomic E-state index is 14.0. The summed E-state index contributed by atoms with van der Waals surface area (Å²) < 4.78 is 46.1. The summed E-state index contributed by atoms with van der Waals surface area (Å²) in [5.74, 6) is 1.57. The van der Waals surface area contributed by atoms with Gasteiger partial charge < -0.3 is 33.7 Å². The first-order chi connectivity index (χ1) is 18.4. The van der Waals surface area contributed by atoms with Gasteiger partial charge in [0.25, 0.3) is 0 Å². The number of ketones is 1. The molecule has 0 aliphatic carbocycles. The molecule has 0 heterocycles. The van der Waals surface area contributed by atoms with Gasteiger partial charge in [-0.2, -0.15) is 0 Å². The van der Waals surface area contributed by atoms with Crippen LogP contribution in [0.25, 0.3) is 12.2 Å². The van der Waals surface area contributed by atoms with Crippen molar-refractivity contribution in [2.24, 2.45) is 0 Å². The van der Waals surface area contributed by atoms with Crippen LogP contribution in [0.1, 0.15) is 21.5 Å². The van der Waals surface area contributed by atoms with E-state index in [1.807, 2.05) is 36.4 Å². The first-order valence-electron chi connectivity index (χ1n) is 11.4. The summed E-state index contributed by atoms with van der Waals surface area (Å²) in [5.41, 5.74) is 2.35. The van der Waals surface area contributed by atoms with Crippen molar-refractivity contribution in [3.63, 3.8) is 0 Å². The van der Waals surface area contributed by atoms with E-state index in [2.05, 4.69) is 5.32 Å². The summed E-state index contributed by atoms with van der Waals surface area (Å²) in [7, 11) is 9.07. The number of anilines is 1. The monoisotopic (exact) mass is 523 g/mol. The molecule has 0 unspecified atom stereocenters. The van der Waals surface area contributed by atoms with Crippen molar-refractivity contribution in [3.05, 3.63) is 77.2 Å². The van der Waals surface area contributed by atoms with E-state index in [4.69, 9.17) is 28.4 Å². The molecule has 0 fully saturated rings. The highest BCUT2D eigenvalue weighted by Crippen LogP contribution is 2.40. The third kappa shape index (κ3) is 6.36. The van der Waals surface area contributed by atoms with Gasteiger partial charge in [-0.1, -0.05) is 12.2 Å². The molecule has 0 radical (unpaired) electrons. The van der Waals surface area contributed by atoms with E-state index in [0.717, 1.165) is 17.2 Å². The number of benzene rings is 3. The van der Waals surface area contributed by atoms with Gasteiger partial charge in [0.05, 0.1) is 48.3 Å². The summed E-state index contributed by atoms with van der Waals surface area (Å²) in [6.45, 7) is 0. The van der Waals surface area contributed by atoms with Crippen LogP contribution in [0.5, 0.6) is 34.5 Å². The Morgan fingerprint density at radius 1 is 0.684 bits per heavy atom. The van der Waals surface area contributed by atoms with Crippen LogP contribution < -0.4 is 33.7 Å². The number of hydrogen-bond donors (Lipinski definition) is 1. The van der Waals surface area contributed by atoms with Crippen LogP contribution in [0, 0.1) is 5.82 Å². The van der Waals surface area contributed by atoms with Crippen molar-refractivity contribution in [3.8, 4) is 34.5 Å². The fourth-order valence-corrected chi connectivity index (χ4v) is 3.70. The Hall–Kier alpha value is -4.66.